The van der Waals surface area contributed by atoms with Crippen LogP contribution in [0.2, 0.25) is 5.02 Å². The number of rotatable bonds is 5. The molecule has 1 heterocycles. The van der Waals surface area contributed by atoms with Crippen molar-refractivity contribution in [2.45, 2.75) is 19.4 Å². The van der Waals surface area contributed by atoms with Crippen LogP contribution >= 0.6 is 35.2 Å². The largest absolute Gasteiger partial charge is 0.389 e. The molecule has 0 amide bonds. The number of nitrogens with two attached hydrogens (primary N) is 1. The second kappa shape index (κ2) is 6.57. The predicted molar refractivity (Wildman–Crippen MR) is 93.2 cm³/mol. The standard InChI is InChI=1S/C15H17ClN2S2/c1-10(8-12-4-3-7-20-12)18(2)11-5-6-13(15(17)19)14(16)9-11/h3-7,9-10H,8H2,1-2H3,(H2,17,19). The van der Waals surface area contributed by atoms with Crippen LogP contribution in [-0.4, -0.2) is 18.1 Å². The van der Waals surface area contributed by atoms with E-state index in [1.807, 2.05) is 18.2 Å². The SMILES string of the molecule is CC(Cc1cccs1)N(C)c1ccc(C(N)=S)c(Cl)c1. The van der Waals surface area contributed by atoms with Crippen molar-refractivity contribution in [3.8, 4) is 0 Å². The van der Waals surface area contributed by atoms with E-state index in [-0.39, 0.29) is 0 Å². The summed E-state index contributed by atoms with van der Waals surface area (Å²) in [7, 11) is 2.07. The Labute approximate surface area is 134 Å². The van der Waals surface area contributed by atoms with E-state index in [9.17, 15) is 0 Å². The zero-order chi connectivity index (χ0) is 14.7. The molecule has 2 N–H and O–H groups in total. The molecule has 0 spiro atoms. The summed E-state index contributed by atoms with van der Waals surface area (Å²) < 4.78 is 0. The van der Waals surface area contributed by atoms with E-state index in [2.05, 4.69) is 36.4 Å². The van der Waals surface area contributed by atoms with E-state index < -0.39 is 0 Å². The Morgan fingerprint density at radius 3 is 2.75 bits per heavy atom. The third-order valence-corrected chi connectivity index (χ3v) is 4.79. The number of halogens is 1. The normalized spacial score (nSPS) is 12.2. The zero-order valence-electron chi connectivity index (χ0n) is 11.5. The smallest absolute Gasteiger partial charge is 0.105 e. The lowest BCUT2D eigenvalue weighted by Crippen LogP contribution is -2.30. The van der Waals surface area contributed by atoms with Gasteiger partial charge in [-0.3, -0.25) is 0 Å². The van der Waals surface area contributed by atoms with Gasteiger partial charge >= 0.3 is 0 Å². The Morgan fingerprint density at radius 1 is 1.45 bits per heavy atom. The average Bonchev–Trinajstić information content (AvgIpc) is 2.90. The molecular formula is C15H17ClN2S2. The van der Waals surface area contributed by atoms with Crippen LogP contribution in [0.3, 0.4) is 0 Å². The fraction of sp³-hybridized carbons (Fsp3) is 0.267. The molecule has 2 rings (SSSR count). The van der Waals surface area contributed by atoms with Gasteiger partial charge in [-0.05, 0) is 36.6 Å². The molecule has 0 fully saturated rings. The lowest BCUT2D eigenvalue weighted by atomic mass is 10.1. The first-order valence-corrected chi connectivity index (χ1v) is 8.00. The van der Waals surface area contributed by atoms with Gasteiger partial charge in [-0.1, -0.05) is 29.9 Å². The maximum atomic E-state index is 6.22. The van der Waals surface area contributed by atoms with Crippen LogP contribution in [0.15, 0.2) is 35.7 Å². The molecule has 0 saturated heterocycles. The van der Waals surface area contributed by atoms with Crippen molar-refractivity contribution in [1.29, 1.82) is 0 Å². The molecule has 1 unspecified atom stereocenters. The molecule has 0 aliphatic heterocycles. The third-order valence-electron chi connectivity index (χ3n) is 3.36. The number of thiocarbonyl (C=S) groups is 1. The van der Waals surface area contributed by atoms with Crippen LogP contribution in [-0.2, 0) is 6.42 Å². The molecule has 20 heavy (non-hydrogen) atoms. The van der Waals surface area contributed by atoms with Crippen LogP contribution in [0.25, 0.3) is 0 Å². The highest BCUT2D eigenvalue weighted by atomic mass is 35.5. The topological polar surface area (TPSA) is 29.3 Å². The molecular weight excluding hydrogens is 308 g/mol. The number of anilines is 1. The minimum absolute atomic E-state index is 0.329. The highest BCUT2D eigenvalue weighted by Gasteiger charge is 2.13. The van der Waals surface area contributed by atoms with Gasteiger partial charge in [-0.25, -0.2) is 0 Å². The molecule has 1 atom stereocenters. The van der Waals surface area contributed by atoms with E-state index in [1.165, 1.54) is 4.88 Å². The zero-order valence-corrected chi connectivity index (χ0v) is 13.9. The minimum atomic E-state index is 0.329. The Hall–Kier alpha value is -1.10. The van der Waals surface area contributed by atoms with E-state index in [0.717, 1.165) is 17.7 Å². The molecule has 106 valence electrons. The highest BCUT2D eigenvalue weighted by molar-refractivity contribution is 7.80. The van der Waals surface area contributed by atoms with Gasteiger partial charge in [0.15, 0.2) is 0 Å². The molecule has 2 aromatic rings. The molecule has 0 bridgehead atoms. The van der Waals surface area contributed by atoms with Gasteiger partial charge in [0.05, 0.1) is 5.02 Å². The van der Waals surface area contributed by atoms with Gasteiger partial charge < -0.3 is 10.6 Å². The predicted octanol–water partition coefficient (Wildman–Crippen LogP) is 4.10. The van der Waals surface area contributed by atoms with Crippen LogP contribution in [0.5, 0.6) is 0 Å². The maximum absolute atomic E-state index is 6.22. The molecule has 2 nitrogen and oxygen atoms in total. The van der Waals surface area contributed by atoms with E-state index in [4.69, 9.17) is 29.6 Å². The number of benzene rings is 1. The fourth-order valence-electron chi connectivity index (χ4n) is 2.03. The second-order valence-electron chi connectivity index (χ2n) is 4.77. The van der Waals surface area contributed by atoms with Crippen LogP contribution in [0, 0.1) is 0 Å². The van der Waals surface area contributed by atoms with Crippen molar-refractivity contribution in [2.24, 2.45) is 5.73 Å². The summed E-state index contributed by atoms with van der Waals surface area (Å²) in [5.41, 5.74) is 7.42. The summed E-state index contributed by atoms with van der Waals surface area (Å²) in [6.07, 6.45) is 1.02. The Morgan fingerprint density at radius 2 is 2.20 bits per heavy atom. The molecule has 1 aromatic heterocycles. The van der Waals surface area contributed by atoms with Crippen molar-refractivity contribution in [1.82, 2.24) is 0 Å². The van der Waals surface area contributed by atoms with Crippen molar-refractivity contribution in [3.63, 3.8) is 0 Å². The quantitative estimate of drug-likeness (QED) is 0.839. The minimum Gasteiger partial charge on any atom is -0.389 e. The first kappa shape index (κ1) is 15.3. The van der Waals surface area contributed by atoms with Gasteiger partial charge in [0.2, 0.25) is 0 Å². The Kier molecular flexibility index (Phi) is 5.02. The lowest BCUT2D eigenvalue weighted by Gasteiger charge is -2.27. The van der Waals surface area contributed by atoms with E-state index >= 15 is 0 Å². The number of hydrogen-bond acceptors (Lipinski definition) is 3. The number of hydrogen-bond donors (Lipinski definition) is 1. The van der Waals surface area contributed by atoms with Crippen molar-refractivity contribution in [3.05, 3.63) is 51.2 Å². The average molecular weight is 325 g/mol. The van der Waals surface area contributed by atoms with Crippen molar-refractivity contribution in [2.75, 3.05) is 11.9 Å². The lowest BCUT2D eigenvalue weighted by molar-refractivity contribution is 0.688. The Balaban J connectivity index is 2.14. The van der Waals surface area contributed by atoms with Gasteiger partial charge in [-0.15, -0.1) is 11.3 Å². The molecule has 0 aliphatic carbocycles. The summed E-state index contributed by atoms with van der Waals surface area (Å²) in [4.78, 5) is 3.93. The summed E-state index contributed by atoms with van der Waals surface area (Å²) >= 11 is 13.0. The molecule has 5 heteroatoms. The van der Waals surface area contributed by atoms with Crippen LogP contribution < -0.4 is 10.6 Å². The molecule has 1 aromatic carbocycles. The van der Waals surface area contributed by atoms with Crippen molar-refractivity contribution >= 4 is 45.8 Å². The first-order chi connectivity index (χ1) is 9.49. The van der Waals surface area contributed by atoms with Gasteiger partial charge in [0, 0.05) is 35.6 Å². The van der Waals surface area contributed by atoms with Crippen molar-refractivity contribution < 1.29 is 0 Å². The number of nitrogens with zero attached hydrogens (tertiary/aromatic N) is 1. The number of thiophene rings is 1. The van der Waals surface area contributed by atoms with E-state index in [1.54, 1.807) is 11.3 Å². The van der Waals surface area contributed by atoms with Crippen LogP contribution in [0.4, 0.5) is 5.69 Å². The highest BCUT2D eigenvalue weighted by Crippen LogP contribution is 2.25. The van der Waals surface area contributed by atoms with Crippen LogP contribution in [0.1, 0.15) is 17.4 Å². The molecule has 0 radical (unpaired) electrons. The fourth-order valence-corrected chi connectivity index (χ4v) is 3.37. The summed E-state index contributed by atoms with van der Waals surface area (Å²) in [5, 5.41) is 2.71. The first-order valence-electron chi connectivity index (χ1n) is 6.33. The number of likely N-dealkylation sites (N-methyl/N-ethyl adjacent to an activating group) is 1. The second-order valence-corrected chi connectivity index (χ2v) is 6.65. The summed E-state index contributed by atoms with van der Waals surface area (Å²) in [5.74, 6) is 0. The third kappa shape index (κ3) is 3.51. The Bertz CT molecular complexity index is 596. The van der Waals surface area contributed by atoms with E-state index in [0.29, 0.717) is 16.1 Å². The summed E-state index contributed by atoms with van der Waals surface area (Å²) in [6, 6.07) is 10.4. The van der Waals surface area contributed by atoms with Gasteiger partial charge in [-0.2, -0.15) is 0 Å². The maximum Gasteiger partial charge on any atom is 0.105 e. The van der Waals surface area contributed by atoms with Gasteiger partial charge in [0.25, 0.3) is 0 Å². The monoisotopic (exact) mass is 324 g/mol. The molecule has 0 aliphatic rings. The summed E-state index contributed by atoms with van der Waals surface area (Å²) in [6.45, 7) is 2.20. The molecule has 0 saturated carbocycles. The van der Waals surface area contributed by atoms with Gasteiger partial charge in [0.1, 0.15) is 4.99 Å².